The molecule has 3 aromatic rings. The van der Waals surface area contributed by atoms with Crippen LogP contribution in [0.5, 0.6) is 0 Å². The lowest BCUT2D eigenvalue weighted by Crippen LogP contribution is -2.44. The Bertz CT molecular complexity index is 1050. The van der Waals surface area contributed by atoms with Gasteiger partial charge >= 0.3 is 0 Å². The third-order valence-corrected chi connectivity index (χ3v) is 4.90. The van der Waals surface area contributed by atoms with Gasteiger partial charge in [-0.15, -0.1) is 0 Å². The van der Waals surface area contributed by atoms with E-state index in [1.165, 1.54) is 0 Å². The van der Waals surface area contributed by atoms with Crippen molar-refractivity contribution in [2.75, 3.05) is 11.9 Å². The molecule has 4 rings (SSSR count). The molecular formula is C22H18N2O3. The summed E-state index contributed by atoms with van der Waals surface area (Å²) >= 11 is 0. The first-order valence-electron chi connectivity index (χ1n) is 8.71. The van der Waals surface area contributed by atoms with E-state index in [-0.39, 0.29) is 6.54 Å². The highest BCUT2D eigenvalue weighted by Crippen LogP contribution is 2.30. The van der Waals surface area contributed by atoms with Gasteiger partial charge in [0.05, 0.1) is 0 Å². The van der Waals surface area contributed by atoms with Crippen LogP contribution >= 0.6 is 0 Å². The fraction of sp³-hybridized carbons (Fsp3) is 0.136. The van der Waals surface area contributed by atoms with Crippen LogP contribution in [0.1, 0.15) is 31.8 Å². The van der Waals surface area contributed by atoms with Crippen LogP contribution < -0.4 is 5.32 Å². The number of hydrogen-bond donors (Lipinski definition) is 1. The molecule has 134 valence electrons. The van der Waals surface area contributed by atoms with Crippen molar-refractivity contribution < 1.29 is 14.4 Å². The molecule has 27 heavy (non-hydrogen) atoms. The number of hydrogen-bond acceptors (Lipinski definition) is 3. The average Bonchev–Trinajstić information content (AvgIpc) is 2.66. The van der Waals surface area contributed by atoms with Crippen LogP contribution in [0, 0.1) is 13.8 Å². The predicted molar refractivity (Wildman–Crippen MR) is 104 cm³/mol. The molecular weight excluding hydrogens is 340 g/mol. The van der Waals surface area contributed by atoms with Gasteiger partial charge in [-0.3, -0.25) is 19.3 Å². The quantitative estimate of drug-likeness (QED) is 0.726. The molecule has 0 saturated heterocycles. The number of nitrogens with one attached hydrogen (secondary N) is 1. The van der Waals surface area contributed by atoms with Crippen LogP contribution in [0.25, 0.3) is 10.8 Å². The maximum Gasteiger partial charge on any atom is 0.261 e. The summed E-state index contributed by atoms with van der Waals surface area (Å²) in [5.41, 5.74) is 3.46. The van der Waals surface area contributed by atoms with Crippen LogP contribution in [-0.4, -0.2) is 29.2 Å². The highest BCUT2D eigenvalue weighted by Gasteiger charge is 2.33. The van der Waals surface area contributed by atoms with Crippen LogP contribution in [0.3, 0.4) is 0 Å². The maximum atomic E-state index is 12.9. The van der Waals surface area contributed by atoms with Gasteiger partial charge in [0.15, 0.2) is 0 Å². The molecule has 5 heteroatoms. The smallest absolute Gasteiger partial charge is 0.261 e. The molecule has 1 aliphatic rings. The Morgan fingerprint density at radius 3 is 1.93 bits per heavy atom. The maximum absolute atomic E-state index is 12.9. The minimum absolute atomic E-state index is 0.323. The molecule has 3 amide bonds. The van der Waals surface area contributed by atoms with E-state index in [4.69, 9.17) is 0 Å². The SMILES string of the molecule is Cc1cccc(C)c1NC(=O)CN1C(=O)c2cccc3cccc(c23)C1=O. The summed E-state index contributed by atoms with van der Waals surface area (Å²) in [6.07, 6.45) is 0. The number of imide groups is 1. The van der Waals surface area contributed by atoms with Gasteiger partial charge in [0.1, 0.15) is 6.54 Å². The standard InChI is InChI=1S/C22H18N2O3/c1-13-6-3-7-14(2)20(13)23-18(25)12-24-21(26)16-10-4-8-15-9-5-11-17(19(15)16)22(24)27/h3-11H,12H2,1-2H3,(H,23,25). The van der Waals surface area contributed by atoms with Crippen molar-refractivity contribution in [3.8, 4) is 0 Å². The highest BCUT2D eigenvalue weighted by atomic mass is 16.2. The number of rotatable bonds is 3. The fourth-order valence-corrected chi connectivity index (χ4v) is 3.56. The van der Waals surface area contributed by atoms with Crippen molar-refractivity contribution in [3.63, 3.8) is 0 Å². The lowest BCUT2D eigenvalue weighted by molar-refractivity contribution is -0.116. The first kappa shape index (κ1) is 17.0. The minimum Gasteiger partial charge on any atom is -0.324 e. The van der Waals surface area contributed by atoms with E-state index in [0.29, 0.717) is 22.2 Å². The van der Waals surface area contributed by atoms with Gasteiger partial charge in [-0.05, 0) is 42.5 Å². The zero-order valence-corrected chi connectivity index (χ0v) is 15.1. The second-order valence-electron chi connectivity index (χ2n) is 6.72. The molecule has 0 saturated carbocycles. The van der Waals surface area contributed by atoms with E-state index in [1.807, 2.05) is 44.2 Å². The van der Waals surface area contributed by atoms with Gasteiger partial charge in [-0.25, -0.2) is 0 Å². The molecule has 0 atom stereocenters. The monoisotopic (exact) mass is 358 g/mol. The molecule has 0 aliphatic carbocycles. The number of aryl methyl sites for hydroxylation is 2. The molecule has 0 fully saturated rings. The van der Waals surface area contributed by atoms with Crippen molar-refractivity contribution in [1.29, 1.82) is 0 Å². The lowest BCUT2D eigenvalue weighted by atomic mass is 9.94. The molecule has 0 unspecified atom stereocenters. The zero-order valence-electron chi connectivity index (χ0n) is 15.1. The van der Waals surface area contributed by atoms with Crippen molar-refractivity contribution in [1.82, 2.24) is 4.90 Å². The first-order valence-corrected chi connectivity index (χ1v) is 8.71. The number of amides is 3. The second kappa shape index (κ2) is 6.36. The number of anilines is 1. The van der Waals surface area contributed by atoms with Gasteiger partial charge in [-0.2, -0.15) is 0 Å². The summed E-state index contributed by atoms with van der Waals surface area (Å²) in [7, 11) is 0. The first-order chi connectivity index (χ1) is 13.0. The molecule has 1 N–H and O–H groups in total. The van der Waals surface area contributed by atoms with Crippen LogP contribution in [0.4, 0.5) is 5.69 Å². The number of carbonyl (C=O) groups excluding carboxylic acids is 3. The molecule has 1 aliphatic heterocycles. The molecule has 5 nitrogen and oxygen atoms in total. The molecule has 0 aromatic heterocycles. The summed E-state index contributed by atoms with van der Waals surface area (Å²) < 4.78 is 0. The van der Waals surface area contributed by atoms with Gasteiger partial charge in [0.25, 0.3) is 11.8 Å². The molecule has 0 spiro atoms. The lowest BCUT2D eigenvalue weighted by Gasteiger charge is -2.26. The van der Waals surface area contributed by atoms with Gasteiger partial charge < -0.3 is 5.32 Å². The molecule has 1 heterocycles. The Balaban J connectivity index is 1.65. The number of para-hydroxylation sites is 1. The van der Waals surface area contributed by atoms with Crippen LogP contribution in [0.2, 0.25) is 0 Å². The minimum atomic E-state index is -0.444. The normalized spacial score (nSPS) is 13.2. The van der Waals surface area contributed by atoms with Crippen molar-refractivity contribution >= 4 is 34.2 Å². The molecule has 0 radical (unpaired) electrons. The van der Waals surface area contributed by atoms with Crippen LogP contribution in [-0.2, 0) is 4.79 Å². The van der Waals surface area contributed by atoms with Gasteiger partial charge in [0, 0.05) is 22.2 Å². The van der Waals surface area contributed by atoms with Crippen molar-refractivity contribution in [2.24, 2.45) is 0 Å². The Hall–Kier alpha value is -3.47. The fourth-order valence-electron chi connectivity index (χ4n) is 3.56. The largest absolute Gasteiger partial charge is 0.324 e. The number of benzene rings is 3. The summed E-state index contributed by atoms with van der Waals surface area (Å²) in [4.78, 5) is 39.3. The average molecular weight is 358 g/mol. The number of nitrogens with zero attached hydrogens (tertiary/aromatic N) is 1. The van der Waals surface area contributed by atoms with Crippen molar-refractivity contribution in [3.05, 3.63) is 76.9 Å². The molecule has 3 aromatic carbocycles. The summed E-state index contributed by atoms with van der Waals surface area (Å²) in [5, 5.41) is 4.32. The second-order valence-corrected chi connectivity index (χ2v) is 6.72. The van der Waals surface area contributed by atoms with E-state index in [2.05, 4.69) is 5.32 Å². The topological polar surface area (TPSA) is 66.5 Å². The van der Waals surface area contributed by atoms with E-state index < -0.39 is 17.7 Å². The molecule has 0 bridgehead atoms. The summed E-state index contributed by atoms with van der Waals surface area (Å²) in [6, 6.07) is 16.4. The third kappa shape index (κ3) is 2.77. The van der Waals surface area contributed by atoms with E-state index in [9.17, 15) is 14.4 Å². The zero-order chi connectivity index (χ0) is 19.1. The Morgan fingerprint density at radius 1 is 0.852 bits per heavy atom. The van der Waals surface area contributed by atoms with Crippen molar-refractivity contribution in [2.45, 2.75) is 13.8 Å². The third-order valence-electron chi connectivity index (χ3n) is 4.90. The highest BCUT2D eigenvalue weighted by molar-refractivity contribution is 6.26. The Morgan fingerprint density at radius 2 is 1.37 bits per heavy atom. The predicted octanol–water partition coefficient (Wildman–Crippen LogP) is 3.69. The Kier molecular flexibility index (Phi) is 4.00. The van der Waals surface area contributed by atoms with E-state index in [0.717, 1.165) is 21.4 Å². The van der Waals surface area contributed by atoms with Gasteiger partial charge in [0.2, 0.25) is 5.91 Å². The summed E-state index contributed by atoms with van der Waals surface area (Å²) in [6.45, 7) is 3.48. The summed E-state index contributed by atoms with van der Waals surface area (Å²) in [5.74, 6) is -1.29. The number of carbonyl (C=O) groups is 3. The van der Waals surface area contributed by atoms with Gasteiger partial charge in [-0.1, -0.05) is 42.5 Å². The van der Waals surface area contributed by atoms with Crippen LogP contribution in [0.15, 0.2) is 54.6 Å². The van der Waals surface area contributed by atoms with E-state index in [1.54, 1.807) is 24.3 Å². The Labute approximate surface area is 156 Å². The van der Waals surface area contributed by atoms with E-state index >= 15 is 0 Å².